The molecule has 0 aromatic heterocycles. The first kappa shape index (κ1) is 29.5. The van der Waals surface area contributed by atoms with Gasteiger partial charge in [0.25, 0.3) is 0 Å². The third-order valence-electron chi connectivity index (χ3n) is 1.06. The van der Waals surface area contributed by atoms with Crippen LogP contribution in [-0.2, 0) is 21.7 Å². The molecule has 1 heteroatoms. The predicted molar refractivity (Wildman–Crippen MR) is 70.7 cm³/mol. The summed E-state index contributed by atoms with van der Waals surface area (Å²) in [5.41, 5.74) is 0. The van der Waals surface area contributed by atoms with Gasteiger partial charge in [-0.1, -0.05) is 40.0 Å². The molecule has 0 N–H and O–H groups in total. The smallest absolute Gasteiger partial charge is 0.521 e. The molecule has 0 aliphatic heterocycles. The first-order valence-corrected chi connectivity index (χ1v) is 5.53. The van der Waals surface area contributed by atoms with E-state index < -0.39 is 0 Å². The van der Waals surface area contributed by atoms with Crippen LogP contribution in [0.25, 0.3) is 0 Å². The van der Waals surface area contributed by atoms with Gasteiger partial charge in [-0.25, -0.2) is 0 Å². The molecule has 0 spiro atoms. The third kappa shape index (κ3) is 188. The fourth-order valence-electron chi connectivity index (χ4n) is 0. The molecule has 0 bridgehead atoms. The van der Waals surface area contributed by atoms with Crippen molar-refractivity contribution in [3.8, 4) is 0 Å². The van der Waals surface area contributed by atoms with Gasteiger partial charge in [0.15, 0.2) is 0 Å². The molecular weight excluding hydrogens is 216 g/mol. The molecule has 0 aliphatic carbocycles. The molecule has 0 unspecified atom stereocenters. The van der Waals surface area contributed by atoms with Gasteiger partial charge < -0.3 is 27.4 Å². The summed E-state index contributed by atoms with van der Waals surface area (Å²) in [5.74, 6) is 0. The molecule has 0 nitrogen and oxygen atoms in total. The van der Waals surface area contributed by atoms with Gasteiger partial charge in [0.1, 0.15) is 0 Å². The number of hydrogen-bond acceptors (Lipinski definition) is 0. The molecule has 0 saturated heterocycles. The Hall–Kier alpha value is 0.454. The Labute approximate surface area is 115 Å². The van der Waals surface area contributed by atoms with E-state index in [0.717, 1.165) is 19.3 Å². The summed E-state index contributed by atoms with van der Waals surface area (Å²) in [6.07, 6.45) is 6.83. The Bertz CT molecular complexity index is 29.1. The van der Waals surface area contributed by atoms with E-state index in [9.17, 15) is 0 Å². The van der Waals surface area contributed by atoms with Crippen LogP contribution >= 0.6 is 0 Å². The first-order chi connectivity index (χ1) is 6.74. The van der Waals surface area contributed by atoms with E-state index in [2.05, 4.69) is 54.7 Å². The van der Waals surface area contributed by atoms with Crippen LogP contribution in [0, 0.1) is 27.4 Å². The third-order valence-corrected chi connectivity index (χ3v) is 1.06. The molecule has 0 amide bonds. The first-order valence-electron chi connectivity index (χ1n) is 5.53. The molecular formula is C14H30Ti. The zero-order valence-corrected chi connectivity index (χ0v) is 12.7. The van der Waals surface area contributed by atoms with Crippen molar-refractivity contribution in [3.05, 3.63) is 33.9 Å². The Morgan fingerprint density at radius 2 is 0.800 bits per heavy atom. The summed E-state index contributed by atoms with van der Waals surface area (Å²) in [6, 6.07) is 0. The molecule has 0 aromatic rings. The van der Waals surface area contributed by atoms with Crippen molar-refractivity contribution >= 4 is 0 Å². The maximum absolute atomic E-state index is 4.25. The van der Waals surface area contributed by atoms with Gasteiger partial charge in [-0.05, 0) is 0 Å². The molecule has 0 radical (unpaired) electrons. The van der Waals surface area contributed by atoms with Crippen molar-refractivity contribution in [3.63, 3.8) is 0 Å². The van der Waals surface area contributed by atoms with Gasteiger partial charge in [0.2, 0.25) is 0 Å². The monoisotopic (exact) mass is 246 g/mol. The van der Waals surface area contributed by atoms with E-state index in [4.69, 9.17) is 0 Å². The molecule has 0 heterocycles. The van der Waals surface area contributed by atoms with Crippen molar-refractivity contribution in [2.45, 2.75) is 59.3 Å². The zero-order chi connectivity index (χ0) is 12.2. The number of unbranched alkanes of at least 4 members (excludes halogenated alkanes) is 3. The molecule has 15 heavy (non-hydrogen) atoms. The summed E-state index contributed by atoms with van der Waals surface area (Å²) >= 11 is 0. The quantitative estimate of drug-likeness (QED) is 0.458. The minimum Gasteiger partial charge on any atom is -0.521 e. The number of hydrogen-bond donors (Lipinski definition) is 0. The minimum atomic E-state index is 0. The molecule has 0 aliphatic rings. The minimum absolute atomic E-state index is 0. The standard InChI is InChI=1S/3C4H9.C2H3.Ti/c3*1-3-4-2;1-2;/h3*1,3-4H2,2H3;1H,2H2;/q4*-1;+4. The van der Waals surface area contributed by atoms with E-state index in [1.54, 1.807) is 0 Å². The van der Waals surface area contributed by atoms with Crippen LogP contribution < -0.4 is 0 Å². The van der Waals surface area contributed by atoms with Crippen LogP contribution in [0.15, 0.2) is 6.58 Å². The SMILES string of the molecule is [CH-]=C.[CH2-]CCC.[CH2-]CCC.[CH2-]CCC.[Ti+4]. The van der Waals surface area contributed by atoms with E-state index in [0.29, 0.717) is 0 Å². The Balaban J connectivity index is -0.0000000298. The Kier molecular flexibility index (Phi) is 124. The van der Waals surface area contributed by atoms with Crippen molar-refractivity contribution in [1.82, 2.24) is 0 Å². The molecule has 0 aromatic carbocycles. The van der Waals surface area contributed by atoms with Crippen LogP contribution in [0.5, 0.6) is 0 Å². The van der Waals surface area contributed by atoms with E-state index in [1.807, 2.05) is 0 Å². The van der Waals surface area contributed by atoms with Gasteiger partial charge >= 0.3 is 21.7 Å². The zero-order valence-electron chi connectivity index (χ0n) is 11.1. The maximum Gasteiger partial charge on any atom is 4.00 e. The van der Waals surface area contributed by atoms with Crippen LogP contribution in [-0.4, -0.2) is 0 Å². The van der Waals surface area contributed by atoms with Gasteiger partial charge in [0.05, 0.1) is 0 Å². The van der Waals surface area contributed by atoms with Crippen LogP contribution in [0.2, 0.25) is 0 Å². The normalized spacial score (nSPS) is 6.27. The van der Waals surface area contributed by atoms with E-state index in [1.165, 1.54) is 19.3 Å². The van der Waals surface area contributed by atoms with E-state index in [-0.39, 0.29) is 21.7 Å². The maximum atomic E-state index is 4.25. The number of rotatable bonds is 3. The largest absolute Gasteiger partial charge is 4.00 e. The van der Waals surface area contributed by atoms with Crippen LogP contribution in [0.1, 0.15) is 59.3 Å². The van der Waals surface area contributed by atoms with Gasteiger partial charge in [0, 0.05) is 0 Å². The molecule has 0 atom stereocenters. The summed E-state index contributed by atoms with van der Waals surface area (Å²) < 4.78 is 0. The second-order valence-electron chi connectivity index (χ2n) is 2.56. The average Bonchev–Trinajstić information content (AvgIpc) is 2.31. The average molecular weight is 246 g/mol. The second kappa shape index (κ2) is 62.8. The van der Waals surface area contributed by atoms with Crippen molar-refractivity contribution in [1.29, 1.82) is 0 Å². The fraction of sp³-hybridized carbons (Fsp3) is 0.643. The predicted octanol–water partition coefficient (Wildman–Crippen LogP) is 5.46. The molecule has 0 fully saturated rings. The van der Waals surface area contributed by atoms with Crippen LogP contribution in [0.3, 0.4) is 0 Å². The summed E-state index contributed by atoms with van der Waals surface area (Å²) in [6.45, 7) is 24.2. The Morgan fingerprint density at radius 3 is 0.800 bits per heavy atom. The fourth-order valence-corrected chi connectivity index (χ4v) is 0. The van der Waals surface area contributed by atoms with Gasteiger partial charge in [-0.15, -0.1) is 0 Å². The summed E-state index contributed by atoms with van der Waals surface area (Å²) in [4.78, 5) is 0. The van der Waals surface area contributed by atoms with E-state index >= 15 is 0 Å². The van der Waals surface area contributed by atoms with Gasteiger partial charge in [-0.3, -0.25) is 6.58 Å². The topological polar surface area (TPSA) is 0 Å². The van der Waals surface area contributed by atoms with Crippen LogP contribution in [0.4, 0.5) is 0 Å². The summed E-state index contributed by atoms with van der Waals surface area (Å²) in [5, 5.41) is 0. The molecule has 0 saturated carbocycles. The van der Waals surface area contributed by atoms with Crippen molar-refractivity contribution in [2.75, 3.05) is 0 Å². The molecule has 90 valence electrons. The second-order valence-corrected chi connectivity index (χ2v) is 2.56. The Morgan fingerprint density at radius 1 is 0.733 bits per heavy atom. The van der Waals surface area contributed by atoms with Gasteiger partial charge in [-0.2, -0.15) is 19.3 Å². The summed E-state index contributed by atoms with van der Waals surface area (Å²) in [7, 11) is 0. The van der Waals surface area contributed by atoms with Crippen molar-refractivity contribution < 1.29 is 21.7 Å². The van der Waals surface area contributed by atoms with Crippen molar-refractivity contribution in [2.24, 2.45) is 0 Å². The molecule has 0 rings (SSSR count).